The maximum absolute atomic E-state index is 6.01. The zero-order chi connectivity index (χ0) is 12.8. The Labute approximate surface area is 108 Å². The van der Waals surface area contributed by atoms with Gasteiger partial charge in [0.05, 0.1) is 7.11 Å². The summed E-state index contributed by atoms with van der Waals surface area (Å²) in [6.07, 6.45) is 2.13. The SMILES string of the molecule is COc1ccc(CN(C)C(C)CSC)c(N)c1. The molecule has 4 heteroatoms. The highest BCUT2D eigenvalue weighted by Crippen LogP contribution is 2.21. The lowest BCUT2D eigenvalue weighted by Crippen LogP contribution is -2.30. The quantitative estimate of drug-likeness (QED) is 0.792. The number of anilines is 1. The molecule has 0 amide bonds. The number of benzene rings is 1. The Hall–Kier alpha value is -0.870. The fourth-order valence-electron chi connectivity index (χ4n) is 1.64. The molecule has 2 N–H and O–H groups in total. The van der Waals surface area contributed by atoms with Gasteiger partial charge in [-0.25, -0.2) is 0 Å². The average molecular weight is 254 g/mol. The monoisotopic (exact) mass is 254 g/mol. The largest absolute Gasteiger partial charge is 0.497 e. The number of hydrogen-bond acceptors (Lipinski definition) is 4. The van der Waals surface area contributed by atoms with Gasteiger partial charge < -0.3 is 10.5 Å². The minimum atomic E-state index is 0.548. The van der Waals surface area contributed by atoms with E-state index in [0.717, 1.165) is 29.3 Å². The van der Waals surface area contributed by atoms with Crippen molar-refractivity contribution in [3.05, 3.63) is 23.8 Å². The molecule has 0 saturated carbocycles. The first-order valence-electron chi connectivity index (χ1n) is 5.70. The molecule has 0 saturated heterocycles. The van der Waals surface area contributed by atoms with Crippen molar-refractivity contribution < 1.29 is 4.74 Å². The maximum atomic E-state index is 6.01. The summed E-state index contributed by atoms with van der Waals surface area (Å²) >= 11 is 1.87. The van der Waals surface area contributed by atoms with Crippen LogP contribution in [-0.4, -0.2) is 37.1 Å². The van der Waals surface area contributed by atoms with Crippen LogP contribution in [0.25, 0.3) is 0 Å². The van der Waals surface area contributed by atoms with E-state index < -0.39 is 0 Å². The van der Waals surface area contributed by atoms with Crippen LogP contribution in [0.2, 0.25) is 0 Å². The van der Waals surface area contributed by atoms with Crippen LogP contribution in [0.1, 0.15) is 12.5 Å². The van der Waals surface area contributed by atoms with E-state index in [9.17, 15) is 0 Å². The van der Waals surface area contributed by atoms with Crippen molar-refractivity contribution in [3.63, 3.8) is 0 Å². The van der Waals surface area contributed by atoms with E-state index >= 15 is 0 Å². The number of nitrogens with two attached hydrogens (primary N) is 1. The molecule has 3 nitrogen and oxygen atoms in total. The van der Waals surface area contributed by atoms with Gasteiger partial charge in [-0.05, 0) is 31.9 Å². The van der Waals surface area contributed by atoms with Gasteiger partial charge in [0.15, 0.2) is 0 Å². The highest BCUT2D eigenvalue weighted by atomic mass is 32.2. The molecule has 0 aliphatic carbocycles. The molecule has 1 rings (SSSR count). The number of thioether (sulfide) groups is 1. The van der Waals surface area contributed by atoms with Crippen molar-refractivity contribution in [1.29, 1.82) is 0 Å². The second kappa shape index (κ2) is 6.77. The predicted octanol–water partition coefficient (Wildman–Crippen LogP) is 2.46. The van der Waals surface area contributed by atoms with Gasteiger partial charge in [0.1, 0.15) is 5.75 Å². The summed E-state index contributed by atoms with van der Waals surface area (Å²) in [5.41, 5.74) is 7.96. The molecule has 0 fully saturated rings. The van der Waals surface area contributed by atoms with Crippen LogP contribution >= 0.6 is 11.8 Å². The van der Waals surface area contributed by atoms with Crippen molar-refractivity contribution in [3.8, 4) is 5.75 Å². The van der Waals surface area contributed by atoms with E-state index in [0.29, 0.717) is 6.04 Å². The maximum Gasteiger partial charge on any atom is 0.120 e. The van der Waals surface area contributed by atoms with Gasteiger partial charge in [-0.3, -0.25) is 4.90 Å². The molecule has 1 aromatic rings. The van der Waals surface area contributed by atoms with Crippen molar-refractivity contribution in [2.24, 2.45) is 0 Å². The Morgan fingerprint density at radius 3 is 2.71 bits per heavy atom. The molecule has 0 aliphatic heterocycles. The Morgan fingerprint density at radius 2 is 2.18 bits per heavy atom. The second-order valence-electron chi connectivity index (χ2n) is 4.28. The minimum absolute atomic E-state index is 0.548. The Balaban J connectivity index is 2.68. The van der Waals surface area contributed by atoms with E-state index in [1.54, 1.807) is 7.11 Å². The number of methoxy groups -OCH3 is 1. The summed E-state index contributed by atoms with van der Waals surface area (Å²) in [6.45, 7) is 3.10. The van der Waals surface area contributed by atoms with E-state index in [4.69, 9.17) is 10.5 Å². The zero-order valence-corrected chi connectivity index (χ0v) is 11.9. The summed E-state index contributed by atoms with van der Waals surface area (Å²) in [4.78, 5) is 2.31. The smallest absolute Gasteiger partial charge is 0.120 e. The van der Waals surface area contributed by atoms with Crippen LogP contribution in [0, 0.1) is 0 Å². The van der Waals surface area contributed by atoms with Crippen molar-refractivity contribution in [1.82, 2.24) is 4.90 Å². The Morgan fingerprint density at radius 1 is 1.47 bits per heavy atom. The van der Waals surface area contributed by atoms with Gasteiger partial charge in [-0.1, -0.05) is 6.07 Å². The van der Waals surface area contributed by atoms with E-state index in [2.05, 4.69) is 25.1 Å². The second-order valence-corrected chi connectivity index (χ2v) is 5.19. The third kappa shape index (κ3) is 4.13. The van der Waals surface area contributed by atoms with E-state index in [1.807, 2.05) is 30.0 Å². The first kappa shape index (κ1) is 14.2. The minimum Gasteiger partial charge on any atom is -0.497 e. The molecule has 0 bridgehead atoms. The highest BCUT2D eigenvalue weighted by molar-refractivity contribution is 7.98. The van der Waals surface area contributed by atoms with Crippen LogP contribution in [-0.2, 0) is 6.54 Å². The summed E-state index contributed by atoms with van der Waals surface area (Å²) < 4.78 is 5.14. The molecule has 0 aromatic heterocycles. The van der Waals surface area contributed by atoms with Crippen molar-refractivity contribution in [2.75, 3.05) is 31.9 Å². The third-order valence-corrected chi connectivity index (χ3v) is 3.75. The molecule has 1 atom stereocenters. The number of ether oxygens (including phenoxy) is 1. The number of nitrogen functional groups attached to an aromatic ring is 1. The molecule has 96 valence electrons. The fraction of sp³-hybridized carbons (Fsp3) is 0.538. The molecular weight excluding hydrogens is 232 g/mol. The Bertz CT molecular complexity index is 357. The lowest BCUT2D eigenvalue weighted by Gasteiger charge is -2.24. The summed E-state index contributed by atoms with van der Waals surface area (Å²) in [7, 11) is 3.78. The topological polar surface area (TPSA) is 38.5 Å². The lowest BCUT2D eigenvalue weighted by atomic mass is 10.1. The van der Waals surface area contributed by atoms with Gasteiger partial charge in [0.25, 0.3) is 0 Å². The van der Waals surface area contributed by atoms with Gasteiger partial charge in [-0.2, -0.15) is 11.8 Å². The highest BCUT2D eigenvalue weighted by Gasteiger charge is 2.10. The van der Waals surface area contributed by atoms with Gasteiger partial charge in [0, 0.05) is 30.1 Å². The van der Waals surface area contributed by atoms with Crippen LogP contribution in [0.3, 0.4) is 0 Å². The fourth-order valence-corrected chi connectivity index (χ4v) is 2.37. The average Bonchev–Trinajstić information content (AvgIpc) is 2.31. The molecule has 0 aliphatic rings. The molecule has 0 spiro atoms. The van der Waals surface area contributed by atoms with Crippen LogP contribution in [0.5, 0.6) is 5.75 Å². The Kier molecular flexibility index (Phi) is 5.65. The van der Waals surface area contributed by atoms with E-state index in [1.165, 1.54) is 0 Å². The molecule has 1 aromatic carbocycles. The van der Waals surface area contributed by atoms with Crippen molar-refractivity contribution >= 4 is 17.4 Å². The van der Waals surface area contributed by atoms with E-state index in [-0.39, 0.29) is 0 Å². The number of hydrogen-bond donors (Lipinski definition) is 1. The summed E-state index contributed by atoms with van der Waals surface area (Å²) in [5.74, 6) is 1.94. The first-order chi connectivity index (χ1) is 8.08. The molecule has 1 unspecified atom stereocenters. The third-order valence-electron chi connectivity index (χ3n) is 2.93. The van der Waals surface area contributed by atoms with Crippen LogP contribution in [0.4, 0.5) is 5.69 Å². The molecular formula is C13H22N2OS. The summed E-state index contributed by atoms with van der Waals surface area (Å²) in [5, 5.41) is 0. The molecule has 0 heterocycles. The van der Waals surface area contributed by atoms with Gasteiger partial charge >= 0.3 is 0 Å². The van der Waals surface area contributed by atoms with Gasteiger partial charge in [0.2, 0.25) is 0 Å². The number of rotatable bonds is 6. The number of nitrogens with zero attached hydrogens (tertiary/aromatic N) is 1. The zero-order valence-electron chi connectivity index (χ0n) is 11.1. The normalized spacial score (nSPS) is 12.8. The van der Waals surface area contributed by atoms with Crippen molar-refractivity contribution in [2.45, 2.75) is 19.5 Å². The van der Waals surface area contributed by atoms with Gasteiger partial charge in [-0.15, -0.1) is 0 Å². The lowest BCUT2D eigenvalue weighted by molar-refractivity contribution is 0.270. The van der Waals surface area contributed by atoms with Crippen LogP contribution in [0.15, 0.2) is 18.2 Å². The molecule has 0 radical (unpaired) electrons. The molecule has 17 heavy (non-hydrogen) atoms. The predicted molar refractivity (Wildman–Crippen MR) is 76.7 cm³/mol. The first-order valence-corrected chi connectivity index (χ1v) is 7.09. The summed E-state index contributed by atoms with van der Waals surface area (Å²) in [6, 6.07) is 6.42. The van der Waals surface area contributed by atoms with Crippen LogP contribution < -0.4 is 10.5 Å². The standard InChI is InChI=1S/C13H22N2OS/c1-10(9-17-4)15(2)8-11-5-6-12(16-3)7-13(11)14/h5-7,10H,8-9,14H2,1-4H3.